The molecule has 0 bridgehead atoms. The number of anilines is 2. The van der Waals surface area contributed by atoms with Gasteiger partial charge in [-0.25, -0.2) is 4.79 Å². The van der Waals surface area contributed by atoms with Crippen molar-refractivity contribution in [1.82, 2.24) is 9.55 Å². The number of furan rings is 1. The van der Waals surface area contributed by atoms with Crippen LogP contribution in [0.5, 0.6) is 0 Å². The number of hydrogen-bond acceptors (Lipinski definition) is 5. The number of nitrogens with zero attached hydrogens (tertiary/aromatic N) is 2. The Kier molecular flexibility index (Phi) is 6.30. The number of carbonyl (C=O) groups excluding carboxylic acids is 1. The number of nitrogens with two attached hydrogens (primary N) is 1. The van der Waals surface area contributed by atoms with E-state index in [-0.39, 0.29) is 24.0 Å². The van der Waals surface area contributed by atoms with Crippen molar-refractivity contribution in [3.8, 4) is 0 Å². The normalized spacial score (nSPS) is 15.3. The molecule has 0 radical (unpaired) electrons. The SMILES string of the molecule is CCCCn1c(N)c(N(Cc2ccco2)C(=O)C2CCCc3ccccc32)c(=O)[nH]c1=O. The molecule has 0 spiro atoms. The first-order valence-electron chi connectivity index (χ1n) is 11.1. The van der Waals surface area contributed by atoms with Gasteiger partial charge in [-0.1, -0.05) is 37.6 Å². The molecule has 2 aromatic heterocycles. The number of aryl methyl sites for hydroxylation is 1. The lowest BCUT2D eigenvalue weighted by molar-refractivity contribution is -0.120. The molecule has 1 aliphatic rings. The Balaban J connectivity index is 1.82. The second-order valence-corrected chi connectivity index (χ2v) is 8.15. The maximum atomic E-state index is 13.9. The number of amides is 1. The molecule has 0 fully saturated rings. The second kappa shape index (κ2) is 9.30. The first-order valence-corrected chi connectivity index (χ1v) is 11.1. The Hall–Kier alpha value is -3.55. The molecule has 4 rings (SSSR count). The van der Waals surface area contributed by atoms with Crippen LogP contribution < -0.4 is 21.9 Å². The van der Waals surface area contributed by atoms with Crippen molar-refractivity contribution >= 4 is 17.4 Å². The lowest BCUT2D eigenvalue weighted by Crippen LogP contribution is -2.43. The zero-order chi connectivity index (χ0) is 22.7. The monoisotopic (exact) mass is 436 g/mol. The molecule has 32 heavy (non-hydrogen) atoms. The van der Waals surface area contributed by atoms with Crippen LogP contribution in [0.2, 0.25) is 0 Å². The summed E-state index contributed by atoms with van der Waals surface area (Å²) >= 11 is 0. The molecule has 3 N–H and O–H groups in total. The summed E-state index contributed by atoms with van der Waals surface area (Å²) in [6, 6.07) is 11.4. The summed E-state index contributed by atoms with van der Waals surface area (Å²) in [6.07, 6.45) is 5.57. The fraction of sp³-hybridized carbons (Fsp3) is 0.375. The van der Waals surface area contributed by atoms with Gasteiger partial charge in [0.15, 0.2) is 5.69 Å². The molecular weight excluding hydrogens is 408 g/mol. The molecule has 0 aliphatic heterocycles. The minimum absolute atomic E-state index is 0.00352. The van der Waals surface area contributed by atoms with Gasteiger partial charge in [0.2, 0.25) is 5.91 Å². The molecule has 1 unspecified atom stereocenters. The van der Waals surface area contributed by atoms with E-state index in [1.807, 2.05) is 31.2 Å². The summed E-state index contributed by atoms with van der Waals surface area (Å²) in [5, 5.41) is 0. The maximum Gasteiger partial charge on any atom is 0.330 e. The number of nitrogen functional groups attached to an aromatic ring is 1. The zero-order valence-corrected chi connectivity index (χ0v) is 18.2. The highest BCUT2D eigenvalue weighted by atomic mass is 16.3. The van der Waals surface area contributed by atoms with Crippen LogP contribution in [0.3, 0.4) is 0 Å². The fourth-order valence-corrected chi connectivity index (χ4v) is 4.40. The van der Waals surface area contributed by atoms with E-state index >= 15 is 0 Å². The Bertz CT molecular complexity index is 1210. The van der Waals surface area contributed by atoms with E-state index in [4.69, 9.17) is 10.2 Å². The zero-order valence-electron chi connectivity index (χ0n) is 18.2. The van der Waals surface area contributed by atoms with E-state index in [9.17, 15) is 14.4 Å². The molecule has 168 valence electrons. The predicted octanol–water partition coefficient (Wildman–Crippen LogP) is 3.17. The van der Waals surface area contributed by atoms with Gasteiger partial charge in [0.05, 0.1) is 18.7 Å². The highest BCUT2D eigenvalue weighted by Gasteiger charge is 2.33. The largest absolute Gasteiger partial charge is 0.467 e. The Morgan fingerprint density at radius 3 is 2.81 bits per heavy atom. The third-order valence-electron chi connectivity index (χ3n) is 6.05. The van der Waals surface area contributed by atoms with E-state index in [1.54, 1.807) is 12.1 Å². The van der Waals surface area contributed by atoms with Gasteiger partial charge in [-0.05, 0) is 48.9 Å². The van der Waals surface area contributed by atoms with Crippen molar-refractivity contribution in [3.05, 3.63) is 80.4 Å². The summed E-state index contributed by atoms with van der Waals surface area (Å²) in [4.78, 5) is 42.9. The van der Waals surface area contributed by atoms with Gasteiger partial charge < -0.3 is 10.2 Å². The summed E-state index contributed by atoms with van der Waals surface area (Å²) in [5.74, 6) is -0.111. The average molecular weight is 437 g/mol. The number of benzene rings is 1. The van der Waals surface area contributed by atoms with Gasteiger partial charge >= 0.3 is 5.69 Å². The maximum absolute atomic E-state index is 13.9. The Morgan fingerprint density at radius 2 is 2.06 bits per heavy atom. The highest BCUT2D eigenvalue weighted by molar-refractivity contribution is 6.00. The minimum atomic E-state index is -0.677. The van der Waals surface area contributed by atoms with E-state index in [0.717, 1.165) is 36.8 Å². The number of carbonyl (C=O) groups is 1. The molecule has 8 heteroatoms. The molecule has 2 heterocycles. The number of aromatic amines is 1. The number of fused-ring (bicyclic) bond motifs is 1. The van der Waals surface area contributed by atoms with Crippen LogP contribution in [0.1, 0.15) is 55.4 Å². The Labute approximate surface area is 185 Å². The summed E-state index contributed by atoms with van der Waals surface area (Å²) in [6.45, 7) is 2.41. The molecule has 0 saturated heterocycles. The predicted molar refractivity (Wildman–Crippen MR) is 123 cm³/mol. The molecule has 1 amide bonds. The quantitative estimate of drug-likeness (QED) is 0.590. The number of hydrogen-bond donors (Lipinski definition) is 2. The van der Waals surface area contributed by atoms with Crippen molar-refractivity contribution in [2.75, 3.05) is 10.6 Å². The van der Waals surface area contributed by atoms with E-state index in [1.165, 1.54) is 15.7 Å². The third kappa shape index (κ3) is 4.12. The van der Waals surface area contributed by atoms with Gasteiger partial charge in [0.25, 0.3) is 5.56 Å². The number of nitrogens with one attached hydrogen (secondary N) is 1. The third-order valence-corrected chi connectivity index (χ3v) is 6.05. The van der Waals surface area contributed by atoms with Gasteiger partial charge in [0, 0.05) is 6.54 Å². The summed E-state index contributed by atoms with van der Waals surface area (Å²) in [7, 11) is 0. The molecule has 1 aromatic carbocycles. The Morgan fingerprint density at radius 1 is 1.25 bits per heavy atom. The topological polar surface area (TPSA) is 114 Å². The first-order chi connectivity index (χ1) is 15.5. The van der Waals surface area contributed by atoms with Crippen LogP contribution in [0.4, 0.5) is 11.5 Å². The second-order valence-electron chi connectivity index (χ2n) is 8.15. The molecule has 1 atom stereocenters. The van der Waals surface area contributed by atoms with Gasteiger partial charge in [-0.3, -0.25) is 24.0 Å². The van der Waals surface area contributed by atoms with Gasteiger partial charge in [-0.15, -0.1) is 0 Å². The smallest absolute Gasteiger partial charge is 0.330 e. The molecular formula is C24H28N4O4. The number of unbranched alkanes of at least 4 members (excludes halogenated alkanes) is 1. The van der Waals surface area contributed by atoms with Crippen LogP contribution in [0.25, 0.3) is 0 Å². The lowest BCUT2D eigenvalue weighted by atomic mass is 9.82. The summed E-state index contributed by atoms with van der Waals surface area (Å²) in [5.41, 5.74) is 7.20. The van der Waals surface area contributed by atoms with Crippen LogP contribution in [-0.2, 0) is 24.3 Å². The lowest BCUT2D eigenvalue weighted by Gasteiger charge is -2.31. The van der Waals surface area contributed by atoms with E-state index in [0.29, 0.717) is 18.7 Å². The van der Waals surface area contributed by atoms with E-state index in [2.05, 4.69) is 4.98 Å². The molecule has 0 saturated carbocycles. The number of H-pyrrole nitrogens is 1. The van der Waals surface area contributed by atoms with Crippen molar-refractivity contribution in [2.45, 2.75) is 58.0 Å². The minimum Gasteiger partial charge on any atom is -0.467 e. The first kappa shape index (κ1) is 21.7. The van der Waals surface area contributed by atoms with Crippen molar-refractivity contribution in [2.24, 2.45) is 0 Å². The number of aromatic nitrogens is 2. The van der Waals surface area contributed by atoms with Crippen molar-refractivity contribution in [1.29, 1.82) is 0 Å². The highest BCUT2D eigenvalue weighted by Crippen LogP contribution is 2.35. The van der Waals surface area contributed by atoms with Crippen LogP contribution in [-0.4, -0.2) is 15.5 Å². The van der Waals surface area contributed by atoms with Crippen LogP contribution in [0, 0.1) is 0 Å². The van der Waals surface area contributed by atoms with Crippen molar-refractivity contribution < 1.29 is 9.21 Å². The van der Waals surface area contributed by atoms with Crippen LogP contribution >= 0.6 is 0 Å². The van der Waals surface area contributed by atoms with Crippen LogP contribution in [0.15, 0.2) is 56.7 Å². The average Bonchev–Trinajstić information content (AvgIpc) is 3.30. The van der Waals surface area contributed by atoms with Gasteiger partial charge in [-0.2, -0.15) is 0 Å². The number of rotatable bonds is 7. The fourth-order valence-electron chi connectivity index (χ4n) is 4.40. The van der Waals surface area contributed by atoms with Crippen molar-refractivity contribution in [3.63, 3.8) is 0 Å². The molecule has 8 nitrogen and oxygen atoms in total. The standard InChI is InChI=1S/C24H28N4O4/c1-2-3-13-27-21(25)20(22(29)26-24(27)31)28(15-17-10-7-14-32-17)23(30)19-12-6-9-16-8-4-5-11-18(16)19/h4-5,7-8,10-11,14,19H,2-3,6,9,12-13,15,25H2,1H3,(H,26,29,31). The molecule has 1 aliphatic carbocycles. The molecule has 3 aromatic rings. The summed E-state index contributed by atoms with van der Waals surface area (Å²) < 4.78 is 6.81. The van der Waals surface area contributed by atoms with Gasteiger partial charge in [0.1, 0.15) is 11.6 Å². The van der Waals surface area contributed by atoms with E-state index < -0.39 is 17.2 Å².